The zero-order valence-corrected chi connectivity index (χ0v) is 32.1. The maximum absolute atomic E-state index is 5.22. The highest BCUT2D eigenvalue weighted by Crippen LogP contribution is 2.40. The van der Waals surface area contributed by atoms with E-state index in [0.29, 0.717) is 23.0 Å². The molecule has 4 nitrogen and oxygen atoms in total. The van der Waals surface area contributed by atoms with Crippen LogP contribution in [0.2, 0.25) is 0 Å². The summed E-state index contributed by atoms with van der Waals surface area (Å²) in [5, 5.41) is 4.80. The van der Waals surface area contributed by atoms with Gasteiger partial charge in [-0.05, 0) is 71.7 Å². The average Bonchev–Trinajstić information content (AvgIpc) is 3.82. The highest BCUT2D eigenvalue weighted by atomic mass is 32.1. The van der Waals surface area contributed by atoms with Crippen LogP contribution in [0.4, 0.5) is 0 Å². The molecule has 0 aliphatic rings. The normalized spacial score (nSPS) is 12.1. The first-order valence-corrected chi connectivity index (χ1v) is 19.9. The van der Waals surface area contributed by atoms with Crippen LogP contribution in [-0.4, -0.2) is 19.5 Å². The van der Waals surface area contributed by atoms with Gasteiger partial charge in [0.1, 0.15) is 0 Å². The first-order chi connectivity index (χ1) is 28.1. The number of hydrogen-bond acceptors (Lipinski definition) is 4. The Balaban J connectivity index is 1.09. The molecule has 7 aromatic carbocycles. The Labute approximate surface area is 335 Å². The second-order valence-electron chi connectivity index (χ2n) is 14.2. The number of thiophene rings is 1. The Morgan fingerprint density at radius 2 is 1.25 bits per heavy atom. The second kappa shape index (κ2) is 14.5. The number of hydrogen-bond donors (Lipinski definition) is 0. The van der Waals surface area contributed by atoms with Crippen LogP contribution < -0.4 is 0 Å². The quantitative estimate of drug-likeness (QED) is 0.145. The van der Waals surface area contributed by atoms with E-state index in [1.807, 2.05) is 18.2 Å². The number of aromatic nitrogens is 4. The first kappa shape index (κ1) is 34.3. The minimum Gasteiger partial charge on any atom is -0.309 e. The van der Waals surface area contributed by atoms with E-state index in [4.69, 9.17) is 15.0 Å². The Bertz CT molecular complexity index is 3210. The zero-order chi connectivity index (χ0) is 38.3. The van der Waals surface area contributed by atoms with Gasteiger partial charge in [-0.3, -0.25) is 0 Å². The Kier molecular flexibility index (Phi) is 8.70. The number of fused-ring (bicyclic) bond motifs is 6. The molecule has 0 saturated carbocycles. The lowest BCUT2D eigenvalue weighted by molar-refractivity contribution is 1.04. The van der Waals surface area contributed by atoms with Crippen LogP contribution in [0.25, 0.3) is 92.7 Å². The van der Waals surface area contributed by atoms with Crippen molar-refractivity contribution in [3.05, 3.63) is 206 Å². The molecule has 0 N–H and O–H groups in total. The molecular formula is C52H36N4S. The van der Waals surface area contributed by atoms with Crippen molar-refractivity contribution in [2.75, 3.05) is 0 Å². The highest BCUT2D eigenvalue weighted by Gasteiger charge is 2.18. The van der Waals surface area contributed by atoms with Gasteiger partial charge in [-0.1, -0.05) is 152 Å². The van der Waals surface area contributed by atoms with E-state index >= 15 is 0 Å². The smallest absolute Gasteiger partial charge is 0.165 e. The van der Waals surface area contributed by atoms with Crippen LogP contribution in [0, 0.1) is 0 Å². The molecule has 10 rings (SSSR count). The molecule has 0 unspecified atom stereocenters. The molecule has 0 spiro atoms. The standard InChI is InChI=1S/C52H36N4S/c1-34(37-20-14-21-38(32-37)36-18-5-3-6-19-36)16-13-17-35(2)50-53-51(55-52(54-50)45-27-15-26-44-43-25-10-12-29-48(43)57-49(44)45)39-30-31-42-41-24-9-11-28-46(41)56(47(42)33-39)40-22-7-4-8-23-40/h3-33H,2H2,1H3/b17-13-,34-16+. The SMILES string of the molecule is C=C(/C=C\C=C(/C)c1cccc(-c2ccccc2)c1)c1nc(-c2ccc3c4ccccc4n(-c4ccccc4)c3c2)nc(-c2cccc3c2sc2ccccc23)n1. The minimum absolute atomic E-state index is 0.533. The van der Waals surface area contributed by atoms with E-state index in [9.17, 15) is 0 Å². The maximum atomic E-state index is 5.22. The van der Waals surface area contributed by atoms with Crippen LogP contribution in [0.15, 0.2) is 195 Å². The third-order valence-electron chi connectivity index (χ3n) is 10.6. The number of para-hydroxylation sites is 2. The molecule has 0 aliphatic carbocycles. The Hall–Kier alpha value is -7.21. The molecule has 0 radical (unpaired) electrons. The molecule has 270 valence electrons. The fraction of sp³-hybridized carbons (Fsp3) is 0.0192. The molecule has 10 aromatic rings. The van der Waals surface area contributed by atoms with Gasteiger partial charge in [-0.15, -0.1) is 11.3 Å². The van der Waals surface area contributed by atoms with Gasteiger partial charge in [-0.2, -0.15) is 0 Å². The van der Waals surface area contributed by atoms with Gasteiger partial charge >= 0.3 is 0 Å². The van der Waals surface area contributed by atoms with Gasteiger partial charge in [0.05, 0.1) is 11.0 Å². The van der Waals surface area contributed by atoms with E-state index in [1.165, 1.54) is 37.4 Å². The highest BCUT2D eigenvalue weighted by molar-refractivity contribution is 7.26. The summed E-state index contributed by atoms with van der Waals surface area (Å²) in [5.41, 5.74) is 10.6. The largest absolute Gasteiger partial charge is 0.309 e. The molecule has 57 heavy (non-hydrogen) atoms. The summed E-state index contributed by atoms with van der Waals surface area (Å²) < 4.78 is 4.71. The number of benzene rings is 7. The van der Waals surface area contributed by atoms with Crippen molar-refractivity contribution in [3.8, 4) is 39.6 Å². The molecule has 0 bridgehead atoms. The minimum atomic E-state index is 0.533. The van der Waals surface area contributed by atoms with Crippen molar-refractivity contribution in [2.45, 2.75) is 6.92 Å². The number of rotatable bonds is 8. The van der Waals surface area contributed by atoms with Crippen LogP contribution in [0.3, 0.4) is 0 Å². The van der Waals surface area contributed by atoms with Crippen LogP contribution >= 0.6 is 11.3 Å². The fourth-order valence-electron chi connectivity index (χ4n) is 7.71. The molecular weight excluding hydrogens is 713 g/mol. The molecule has 3 aromatic heterocycles. The fourth-order valence-corrected chi connectivity index (χ4v) is 8.92. The molecule has 0 fully saturated rings. The van der Waals surface area contributed by atoms with Gasteiger partial charge in [0.15, 0.2) is 17.5 Å². The van der Waals surface area contributed by atoms with Crippen molar-refractivity contribution in [2.24, 2.45) is 0 Å². The van der Waals surface area contributed by atoms with Gasteiger partial charge in [0, 0.05) is 53.3 Å². The summed E-state index contributed by atoms with van der Waals surface area (Å²) in [5.74, 6) is 1.75. The van der Waals surface area contributed by atoms with Crippen molar-refractivity contribution >= 4 is 64.5 Å². The second-order valence-corrected chi connectivity index (χ2v) is 15.2. The lowest BCUT2D eigenvalue weighted by atomic mass is 9.99. The monoisotopic (exact) mass is 748 g/mol. The van der Waals surface area contributed by atoms with Gasteiger partial charge < -0.3 is 4.57 Å². The third kappa shape index (κ3) is 6.34. The van der Waals surface area contributed by atoms with E-state index in [0.717, 1.165) is 43.7 Å². The number of nitrogens with zero attached hydrogens (tertiary/aromatic N) is 4. The summed E-state index contributed by atoms with van der Waals surface area (Å²) in [4.78, 5) is 15.5. The molecule has 3 heterocycles. The summed E-state index contributed by atoms with van der Waals surface area (Å²) in [6.45, 7) is 6.61. The molecule has 0 amide bonds. The topological polar surface area (TPSA) is 43.6 Å². The summed E-state index contributed by atoms with van der Waals surface area (Å²) in [6.07, 6.45) is 6.14. The van der Waals surface area contributed by atoms with Crippen LogP contribution in [-0.2, 0) is 0 Å². The Morgan fingerprint density at radius 3 is 2.11 bits per heavy atom. The van der Waals surface area contributed by atoms with Crippen molar-refractivity contribution in [3.63, 3.8) is 0 Å². The predicted molar refractivity (Wildman–Crippen MR) is 242 cm³/mol. The molecule has 0 atom stereocenters. The van der Waals surface area contributed by atoms with E-state index in [1.54, 1.807) is 11.3 Å². The van der Waals surface area contributed by atoms with Crippen molar-refractivity contribution in [1.82, 2.24) is 19.5 Å². The van der Waals surface area contributed by atoms with Gasteiger partial charge in [0.25, 0.3) is 0 Å². The summed E-state index contributed by atoms with van der Waals surface area (Å²) in [7, 11) is 0. The van der Waals surface area contributed by atoms with E-state index in [2.05, 4.69) is 188 Å². The predicted octanol–water partition coefficient (Wildman–Crippen LogP) is 14.0. The third-order valence-corrected chi connectivity index (χ3v) is 11.8. The summed E-state index contributed by atoms with van der Waals surface area (Å²) in [6, 6.07) is 59.7. The maximum Gasteiger partial charge on any atom is 0.165 e. The van der Waals surface area contributed by atoms with Crippen LogP contribution in [0.5, 0.6) is 0 Å². The summed E-state index contributed by atoms with van der Waals surface area (Å²) >= 11 is 1.77. The van der Waals surface area contributed by atoms with Crippen molar-refractivity contribution < 1.29 is 0 Å². The zero-order valence-electron chi connectivity index (χ0n) is 31.3. The lowest BCUT2D eigenvalue weighted by Crippen LogP contribution is -2.02. The van der Waals surface area contributed by atoms with E-state index in [-0.39, 0.29) is 0 Å². The molecule has 5 heteroatoms. The average molecular weight is 749 g/mol. The van der Waals surface area contributed by atoms with Crippen LogP contribution in [0.1, 0.15) is 18.3 Å². The van der Waals surface area contributed by atoms with Crippen molar-refractivity contribution in [1.29, 1.82) is 0 Å². The van der Waals surface area contributed by atoms with Gasteiger partial charge in [-0.25, -0.2) is 15.0 Å². The van der Waals surface area contributed by atoms with Gasteiger partial charge in [0.2, 0.25) is 0 Å². The first-order valence-electron chi connectivity index (χ1n) is 19.0. The Morgan fingerprint density at radius 1 is 0.561 bits per heavy atom. The van der Waals surface area contributed by atoms with E-state index < -0.39 is 0 Å². The molecule has 0 aliphatic heterocycles. The lowest BCUT2D eigenvalue weighted by Gasteiger charge is -2.11. The number of allylic oxidation sites excluding steroid dienone is 5. The molecule has 0 saturated heterocycles.